The number of hydrogen-bond donors (Lipinski definition) is 1. The molecular weight excluding hydrogens is 294 g/mol. The lowest BCUT2D eigenvalue weighted by Gasteiger charge is -2.27. The Bertz CT molecular complexity index is 651. The van der Waals surface area contributed by atoms with E-state index in [4.69, 9.17) is 0 Å². The highest BCUT2D eigenvalue weighted by Crippen LogP contribution is 2.20. The van der Waals surface area contributed by atoms with Gasteiger partial charge in [0.25, 0.3) is 0 Å². The van der Waals surface area contributed by atoms with E-state index in [0.29, 0.717) is 5.82 Å². The Hall–Kier alpha value is -2.70. The number of ether oxygens (including phenoxy) is 1. The monoisotopic (exact) mass is 313 g/mol. The lowest BCUT2D eigenvalue weighted by Crippen LogP contribution is -2.29. The summed E-state index contributed by atoms with van der Waals surface area (Å²) in [6, 6.07) is 7.21. The van der Waals surface area contributed by atoms with Crippen molar-refractivity contribution in [2.45, 2.75) is 19.3 Å². The normalized spacial score (nSPS) is 14.4. The van der Waals surface area contributed by atoms with Gasteiger partial charge in [0, 0.05) is 13.1 Å². The molecule has 0 aliphatic carbocycles. The Balaban J connectivity index is 1.64. The summed E-state index contributed by atoms with van der Waals surface area (Å²) < 4.78 is 4.59. The fourth-order valence-electron chi connectivity index (χ4n) is 2.53. The maximum atomic E-state index is 11.3. The molecule has 0 radical (unpaired) electrons. The second-order valence-electron chi connectivity index (χ2n) is 5.37. The van der Waals surface area contributed by atoms with Crippen molar-refractivity contribution in [1.82, 2.24) is 15.2 Å². The van der Waals surface area contributed by atoms with E-state index in [-0.39, 0.29) is 5.69 Å². The van der Waals surface area contributed by atoms with Crippen LogP contribution in [0.4, 0.5) is 17.3 Å². The van der Waals surface area contributed by atoms with Gasteiger partial charge < -0.3 is 15.0 Å². The average molecular weight is 313 g/mol. The van der Waals surface area contributed by atoms with Crippen molar-refractivity contribution < 1.29 is 9.53 Å². The SMILES string of the molecule is COC(=O)c1ccc(Nc2ccc(N3CCCCC3)nc2)nn1. The van der Waals surface area contributed by atoms with Gasteiger partial charge in [0.15, 0.2) is 11.5 Å². The van der Waals surface area contributed by atoms with Crippen LogP contribution in [0.25, 0.3) is 0 Å². The van der Waals surface area contributed by atoms with Gasteiger partial charge in [-0.05, 0) is 43.5 Å². The van der Waals surface area contributed by atoms with E-state index in [2.05, 4.69) is 30.1 Å². The Morgan fingerprint density at radius 1 is 1.13 bits per heavy atom. The first-order valence-corrected chi connectivity index (χ1v) is 7.66. The second kappa shape index (κ2) is 7.04. The van der Waals surface area contributed by atoms with E-state index in [1.54, 1.807) is 18.3 Å². The van der Waals surface area contributed by atoms with E-state index < -0.39 is 5.97 Å². The van der Waals surface area contributed by atoms with Crippen LogP contribution in [-0.2, 0) is 4.74 Å². The number of carbonyl (C=O) groups excluding carboxylic acids is 1. The minimum atomic E-state index is -0.503. The van der Waals surface area contributed by atoms with Crippen LogP contribution >= 0.6 is 0 Å². The van der Waals surface area contributed by atoms with Gasteiger partial charge in [-0.2, -0.15) is 0 Å². The zero-order valence-electron chi connectivity index (χ0n) is 13.0. The molecule has 2 aromatic rings. The number of nitrogens with zero attached hydrogens (tertiary/aromatic N) is 4. The molecule has 1 fully saturated rings. The molecule has 3 rings (SSSR count). The van der Waals surface area contributed by atoms with Crippen molar-refractivity contribution in [3.63, 3.8) is 0 Å². The number of aromatic nitrogens is 3. The van der Waals surface area contributed by atoms with Gasteiger partial charge in [0.2, 0.25) is 0 Å². The number of rotatable bonds is 4. The molecule has 2 aromatic heterocycles. The van der Waals surface area contributed by atoms with E-state index in [9.17, 15) is 4.79 Å². The first kappa shape index (κ1) is 15.2. The molecule has 1 aliphatic rings. The van der Waals surface area contributed by atoms with E-state index >= 15 is 0 Å². The third-order valence-electron chi connectivity index (χ3n) is 3.76. The van der Waals surface area contributed by atoms with Gasteiger partial charge in [-0.1, -0.05) is 0 Å². The molecule has 1 N–H and O–H groups in total. The highest BCUT2D eigenvalue weighted by atomic mass is 16.5. The van der Waals surface area contributed by atoms with Crippen LogP contribution in [0.3, 0.4) is 0 Å². The molecule has 0 saturated carbocycles. The first-order valence-electron chi connectivity index (χ1n) is 7.66. The molecule has 0 aromatic carbocycles. The predicted molar refractivity (Wildman–Crippen MR) is 87.0 cm³/mol. The largest absolute Gasteiger partial charge is 0.464 e. The Labute approximate surface area is 134 Å². The molecule has 120 valence electrons. The smallest absolute Gasteiger partial charge is 0.358 e. The topological polar surface area (TPSA) is 80.2 Å². The van der Waals surface area contributed by atoms with E-state index in [0.717, 1.165) is 24.6 Å². The van der Waals surface area contributed by atoms with Gasteiger partial charge in [-0.25, -0.2) is 9.78 Å². The fraction of sp³-hybridized carbons (Fsp3) is 0.375. The number of pyridine rings is 1. The van der Waals surface area contributed by atoms with Crippen LogP contribution in [0.1, 0.15) is 29.8 Å². The van der Waals surface area contributed by atoms with Crippen molar-refractivity contribution in [3.8, 4) is 0 Å². The molecule has 23 heavy (non-hydrogen) atoms. The maximum absolute atomic E-state index is 11.3. The molecule has 0 bridgehead atoms. The van der Waals surface area contributed by atoms with Crippen LogP contribution in [-0.4, -0.2) is 41.3 Å². The number of nitrogens with one attached hydrogen (secondary N) is 1. The summed E-state index contributed by atoms with van der Waals surface area (Å²) in [5.41, 5.74) is 1.00. The minimum absolute atomic E-state index is 0.177. The Morgan fingerprint density at radius 2 is 1.96 bits per heavy atom. The van der Waals surface area contributed by atoms with Gasteiger partial charge in [0.1, 0.15) is 5.82 Å². The standard InChI is InChI=1S/C16H19N5O2/c1-23-16(22)13-6-7-14(20-19-13)18-12-5-8-15(17-11-12)21-9-3-2-4-10-21/h5-8,11H,2-4,9-10H2,1H3,(H,18,20). The molecule has 0 unspecified atom stereocenters. The van der Waals surface area contributed by atoms with Crippen LogP contribution in [0.5, 0.6) is 0 Å². The second-order valence-corrected chi connectivity index (χ2v) is 5.37. The Kier molecular flexibility index (Phi) is 4.65. The number of methoxy groups -OCH3 is 1. The quantitative estimate of drug-likeness (QED) is 0.868. The molecule has 3 heterocycles. The summed E-state index contributed by atoms with van der Waals surface area (Å²) in [4.78, 5) is 18.1. The molecule has 0 atom stereocenters. The zero-order valence-corrected chi connectivity index (χ0v) is 13.0. The summed E-state index contributed by atoms with van der Waals surface area (Å²) in [5.74, 6) is 1.05. The maximum Gasteiger partial charge on any atom is 0.358 e. The summed E-state index contributed by atoms with van der Waals surface area (Å²) in [6.45, 7) is 2.14. The predicted octanol–water partition coefficient (Wildman–Crippen LogP) is 2.39. The zero-order chi connectivity index (χ0) is 16.1. The van der Waals surface area contributed by atoms with Crippen LogP contribution < -0.4 is 10.2 Å². The van der Waals surface area contributed by atoms with Gasteiger partial charge >= 0.3 is 5.97 Å². The summed E-state index contributed by atoms with van der Waals surface area (Å²) >= 11 is 0. The van der Waals surface area contributed by atoms with Gasteiger partial charge in [-0.3, -0.25) is 0 Å². The molecule has 1 saturated heterocycles. The lowest BCUT2D eigenvalue weighted by molar-refractivity contribution is 0.0593. The van der Waals surface area contributed by atoms with Crippen molar-refractivity contribution in [1.29, 1.82) is 0 Å². The summed E-state index contributed by atoms with van der Waals surface area (Å²) in [6.07, 6.45) is 5.53. The number of anilines is 3. The number of piperidine rings is 1. The number of carbonyl (C=O) groups is 1. The number of esters is 1. The lowest BCUT2D eigenvalue weighted by atomic mass is 10.1. The summed E-state index contributed by atoms with van der Waals surface area (Å²) in [5, 5.41) is 10.9. The molecule has 0 amide bonds. The third-order valence-corrected chi connectivity index (χ3v) is 3.76. The van der Waals surface area contributed by atoms with Crippen molar-refractivity contribution >= 4 is 23.3 Å². The molecule has 1 aliphatic heterocycles. The third kappa shape index (κ3) is 3.74. The molecule has 7 nitrogen and oxygen atoms in total. The Morgan fingerprint density at radius 3 is 2.57 bits per heavy atom. The van der Waals surface area contributed by atoms with E-state index in [1.165, 1.54) is 26.4 Å². The van der Waals surface area contributed by atoms with Crippen LogP contribution in [0.15, 0.2) is 30.5 Å². The molecule has 0 spiro atoms. The van der Waals surface area contributed by atoms with Crippen molar-refractivity contribution in [3.05, 3.63) is 36.2 Å². The fourth-order valence-corrected chi connectivity index (χ4v) is 2.53. The van der Waals surface area contributed by atoms with Crippen LogP contribution in [0.2, 0.25) is 0 Å². The molecule has 7 heteroatoms. The molecular formula is C16H19N5O2. The van der Waals surface area contributed by atoms with Crippen molar-refractivity contribution in [2.24, 2.45) is 0 Å². The summed E-state index contributed by atoms with van der Waals surface area (Å²) in [7, 11) is 1.31. The average Bonchev–Trinajstić information content (AvgIpc) is 2.63. The van der Waals surface area contributed by atoms with Crippen LogP contribution in [0, 0.1) is 0 Å². The first-order chi connectivity index (χ1) is 11.3. The van der Waals surface area contributed by atoms with Gasteiger partial charge in [-0.15, -0.1) is 10.2 Å². The number of hydrogen-bond acceptors (Lipinski definition) is 7. The van der Waals surface area contributed by atoms with E-state index in [1.807, 2.05) is 12.1 Å². The van der Waals surface area contributed by atoms with Crippen molar-refractivity contribution in [2.75, 3.05) is 30.4 Å². The highest BCUT2D eigenvalue weighted by molar-refractivity contribution is 5.87. The van der Waals surface area contributed by atoms with Gasteiger partial charge in [0.05, 0.1) is 19.0 Å². The minimum Gasteiger partial charge on any atom is -0.464 e. The highest BCUT2D eigenvalue weighted by Gasteiger charge is 2.12.